The van der Waals surface area contributed by atoms with Crippen molar-refractivity contribution in [2.75, 3.05) is 13.7 Å². The predicted molar refractivity (Wildman–Crippen MR) is 118 cm³/mol. The summed E-state index contributed by atoms with van der Waals surface area (Å²) in [5.74, 6) is -0.633. The number of benzene rings is 2. The van der Waals surface area contributed by atoms with E-state index in [1.54, 1.807) is 24.3 Å². The second-order valence-corrected chi connectivity index (χ2v) is 8.47. The quantitative estimate of drug-likeness (QED) is 0.445. The van der Waals surface area contributed by atoms with Crippen molar-refractivity contribution in [3.05, 3.63) is 75.9 Å². The topological polar surface area (TPSA) is 81.7 Å². The zero-order valence-electron chi connectivity index (χ0n) is 17.4. The van der Waals surface area contributed by atoms with Gasteiger partial charge in [-0.1, -0.05) is 0 Å². The first kappa shape index (κ1) is 21.7. The van der Waals surface area contributed by atoms with Gasteiger partial charge >= 0.3 is 5.97 Å². The molecule has 0 saturated heterocycles. The number of ketones is 1. The minimum absolute atomic E-state index is 0.0459. The van der Waals surface area contributed by atoms with Crippen molar-refractivity contribution in [2.45, 2.75) is 19.4 Å². The Morgan fingerprint density at radius 1 is 1.12 bits per heavy atom. The van der Waals surface area contributed by atoms with Gasteiger partial charge in [0.1, 0.15) is 17.7 Å². The van der Waals surface area contributed by atoms with Crippen LogP contribution in [0.5, 0.6) is 5.75 Å². The van der Waals surface area contributed by atoms with Crippen molar-refractivity contribution >= 4 is 29.0 Å². The molecule has 0 fully saturated rings. The summed E-state index contributed by atoms with van der Waals surface area (Å²) in [7, 11) is 1.29. The molecule has 3 aromatic rings. The number of Topliss-reactive ketones (excluding diaryl/α,β-unsaturated/α-hetero) is 1. The largest absolute Gasteiger partial charge is 0.487 e. The summed E-state index contributed by atoms with van der Waals surface area (Å²) in [5, 5.41) is 2.82. The summed E-state index contributed by atoms with van der Waals surface area (Å²) >= 11 is 1.29. The summed E-state index contributed by atoms with van der Waals surface area (Å²) in [6, 6.07) is 12.5. The molecule has 0 saturated carbocycles. The van der Waals surface area contributed by atoms with E-state index in [2.05, 4.69) is 10.1 Å². The highest BCUT2D eigenvalue weighted by Crippen LogP contribution is 2.42. The first-order valence-corrected chi connectivity index (χ1v) is 10.7. The van der Waals surface area contributed by atoms with Gasteiger partial charge in [0.15, 0.2) is 5.78 Å². The number of esters is 1. The van der Waals surface area contributed by atoms with E-state index in [1.807, 2.05) is 0 Å². The molecule has 2 aromatic carbocycles. The summed E-state index contributed by atoms with van der Waals surface area (Å²) < 4.78 is 24.9. The summed E-state index contributed by atoms with van der Waals surface area (Å²) in [6.45, 7) is 1.72. The Morgan fingerprint density at radius 2 is 1.84 bits per heavy atom. The molecular weight excluding hydrogens is 433 g/mol. The maximum Gasteiger partial charge on any atom is 0.337 e. The highest BCUT2D eigenvalue weighted by Gasteiger charge is 2.28. The number of hydrogen-bond donors (Lipinski definition) is 1. The lowest BCUT2D eigenvalue weighted by molar-refractivity contribution is 0.0600. The molecule has 2 heterocycles. The molecule has 4 rings (SSSR count). The van der Waals surface area contributed by atoms with E-state index in [-0.39, 0.29) is 30.2 Å². The van der Waals surface area contributed by atoms with Crippen molar-refractivity contribution in [1.29, 1.82) is 0 Å². The molecule has 0 radical (unpaired) electrons. The highest BCUT2D eigenvalue weighted by atomic mass is 32.1. The molecule has 6 nitrogen and oxygen atoms in total. The molecule has 0 bridgehead atoms. The molecular formula is C24H20FNO5S. The van der Waals surface area contributed by atoms with E-state index in [0.29, 0.717) is 33.7 Å². The third-order valence-corrected chi connectivity index (χ3v) is 6.36. The minimum Gasteiger partial charge on any atom is -0.487 e. The van der Waals surface area contributed by atoms with Crippen LogP contribution >= 0.6 is 11.3 Å². The van der Waals surface area contributed by atoms with Crippen LogP contribution in [0.2, 0.25) is 0 Å². The lowest BCUT2D eigenvalue weighted by Crippen LogP contribution is -2.34. The van der Waals surface area contributed by atoms with Crippen LogP contribution < -0.4 is 10.1 Å². The molecule has 32 heavy (non-hydrogen) atoms. The van der Waals surface area contributed by atoms with Gasteiger partial charge in [-0.25, -0.2) is 9.18 Å². The van der Waals surface area contributed by atoms with Crippen molar-refractivity contribution < 1.29 is 28.2 Å². The summed E-state index contributed by atoms with van der Waals surface area (Å²) in [6.07, 6.45) is 0.100. The predicted octanol–water partition coefficient (Wildman–Crippen LogP) is 4.28. The van der Waals surface area contributed by atoms with Crippen molar-refractivity contribution in [3.8, 4) is 16.2 Å². The molecule has 1 aliphatic rings. The lowest BCUT2D eigenvalue weighted by atomic mass is 10.0. The molecule has 0 spiro atoms. The fourth-order valence-electron chi connectivity index (χ4n) is 3.55. The molecule has 1 atom stereocenters. The number of carbonyl (C=O) groups is 3. The molecule has 1 aliphatic heterocycles. The smallest absolute Gasteiger partial charge is 0.337 e. The number of thiophene rings is 1. The molecule has 0 unspecified atom stereocenters. The van der Waals surface area contributed by atoms with E-state index < -0.39 is 5.97 Å². The Balaban J connectivity index is 1.44. The molecule has 1 amide bonds. The van der Waals surface area contributed by atoms with E-state index in [0.717, 1.165) is 10.4 Å². The Morgan fingerprint density at radius 3 is 2.50 bits per heavy atom. The molecule has 0 aliphatic carbocycles. The van der Waals surface area contributed by atoms with Gasteiger partial charge in [0.25, 0.3) is 5.91 Å². The van der Waals surface area contributed by atoms with Crippen LogP contribution in [0.3, 0.4) is 0 Å². The fraction of sp³-hybridized carbons (Fsp3) is 0.208. The van der Waals surface area contributed by atoms with Crippen LogP contribution in [0.1, 0.15) is 42.9 Å². The van der Waals surface area contributed by atoms with Gasteiger partial charge in [0, 0.05) is 28.0 Å². The second kappa shape index (κ2) is 8.92. The van der Waals surface area contributed by atoms with E-state index in [1.165, 1.54) is 49.6 Å². The number of rotatable bonds is 6. The van der Waals surface area contributed by atoms with Crippen LogP contribution in [-0.2, 0) is 11.2 Å². The Kier molecular flexibility index (Phi) is 6.05. The lowest BCUT2D eigenvalue weighted by Gasteiger charge is -2.13. The number of amides is 1. The Hall–Kier alpha value is -3.52. The Bertz CT molecular complexity index is 1200. The van der Waals surface area contributed by atoms with Crippen LogP contribution in [0.15, 0.2) is 48.5 Å². The second-order valence-electron chi connectivity index (χ2n) is 7.38. The number of ether oxygens (including phenoxy) is 2. The number of fused-ring (bicyclic) bond motifs is 1. The average molecular weight is 453 g/mol. The SMILES string of the molecule is COC(=O)c1ccc(C(=O)NC[C@H]2Cc3cc(F)cc(-c4ccc(C(C)=O)s4)c3O2)cc1. The first-order valence-electron chi connectivity index (χ1n) is 9.92. The van der Waals surface area contributed by atoms with Gasteiger partial charge in [-0.05, 0) is 55.5 Å². The van der Waals surface area contributed by atoms with Gasteiger partial charge in [0.2, 0.25) is 0 Å². The van der Waals surface area contributed by atoms with Crippen LogP contribution in [0.25, 0.3) is 10.4 Å². The number of methoxy groups -OCH3 is 1. The summed E-state index contributed by atoms with van der Waals surface area (Å²) in [5.41, 5.74) is 2.08. The zero-order valence-corrected chi connectivity index (χ0v) is 18.3. The van der Waals surface area contributed by atoms with Crippen molar-refractivity contribution in [1.82, 2.24) is 5.32 Å². The third-order valence-electron chi connectivity index (χ3n) is 5.14. The third kappa shape index (κ3) is 4.40. The van der Waals surface area contributed by atoms with Gasteiger partial charge in [-0.15, -0.1) is 11.3 Å². The summed E-state index contributed by atoms with van der Waals surface area (Å²) in [4.78, 5) is 36.9. The van der Waals surface area contributed by atoms with Gasteiger partial charge < -0.3 is 14.8 Å². The number of halogens is 1. The van der Waals surface area contributed by atoms with Crippen LogP contribution in [0, 0.1) is 5.82 Å². The maximum absolute atomic E-state index is 14.2. The van der Waals surface area contributed by atoms with E-state index in [9.17, 15) is 18.8 Å². The molecule has 1 aromatic heterocycles. The minimum atomic E-state index is -0.474. The van der Waals surface area contributed by atoms with Crippen molar-refractivity contribution in [3.63, 3.8) is 0 Å². The average Bonchev–Trinajstić information content (AvgIpc) is 3.43. The van der Waals surface area contributed by atoms with Crippen molar-refractivity contribution in [2.24, 2.45) is 0 Å². The first-order chi connectivity index (χ1) is 15.4. The number of nitrogens with one attached hydrogen (secondary N) is 1. The van der Waals surface area contributed by atoms with E-state index >= 15 is 0 Å². The van der Waals surface area contributed by atoms with Gasteiger partial charge in [-0.3, -0.25) is 9.59 Å². The molecule has 164 valence electrons. The van der Waals surface area contributed by atoms with Gasteiger partial charge in [0.05, 0.1) is 24.1 Å². The zero-order chi connectivity index (χ0) is 22.8. The highest BCUT2D eigenvalue weighted by molar-refractivity contribution is 7.17. The van der Waals surface area contributed by atoms with Crippen LogP contribution in [-0.4, -0.2) is 37.4 Å². The number of hydrogen-bond acceptors (Lipinski definition) is 6. The Labute approximate surface area is 188 Å². The number of carbonyl (C=O) groups excluding carboxylic acids is 3. The van der Waals surface area contributed by atoms with Crippen LogP contribution in [0.4, 0.5) is 4.39 Å². The van der Waals surface area contributed by atoms with Gasteiger partial charge in [-0.2, -0.15) is 0 Å². The molecule has 8 heteroatoms. The standard InChI is InChI=1S/C24H20FNO5S/c1-13(27)20-7-8-21(32-20)19-11-17(25)9-16-10-18(31-22(16)19)12-26-23(28)14-3-5-15(6-4-14)24(29)30-2/h3-9,11,18H,10,12H2,1-2H3,(H,26,28)/t18-/m1/s1. The monoisotopic (exact) mass is 453 g/mol. The normalized spacial score (nSPS) is 14.4. The fourth-order valence-corrected chi connectivity index (χ4v) is 4.46. The van der Waals surface area contributed by atoms with E-state index in [4.69, 9.17) is 4.74 Å². The molecule has 1 N–H and O–H groups in total. The maximum atomic E-state index is 14.2.